The van der Waals surface area contributed by atoms with Crippen LogP contribution in [-0.2, 0) is 11.2 Å². The number of rotatable bonds is 2. The minimum Gasteiger partial charge on any atom is -0.428 e. The predicted octanol–water partition coefficient (Wildman–Crippen LogP) is 4.97. The molecule has 1 aliphatic heterocycles. The van der Waals surface area contributed by atoms with E-state index < -0.39 is 0 Å². The van der Waals surface area contributed by atoms with Gasteiger partial charge in [0.2, 0.25) is 0 Å². The molecule has 1 aromatic heterocycles. The van der Waals surface area contributed by atoms with Gasteiger partial charge in [0.1, 0.15) is 0 Å². The molecule has 2 aliphatic rings. The first-order valence-corrected chi connectivity index (χ1v) is 11.5. The fourth-order valence-corrected chi connectivity index (χ4v) is 5.22. The van der Waals surface area contributed by atoms with Gasteiger partial charge >= 0.3 is 0 Å². The summed E-state index contributed by atoms with van der Waals surface area (Å²) in [7, 11) is 0. The summed E-state index contributed by atoms with van der Waals surface area (Å²) in [6.45, 7) is 2.43. The molecule has 1 atom stereocenters. The number of aromatic nitrogens is 1. The number of pyridine rings is 1. The van der Waals surface area contributed by atoms with Crippen LogP contribution in [0, 0.1) is 0 Å². The second-order valence-electron chi connectivity index (χ2n) is 8.01. The first-order chi connectivity index (χ1) is 15.4. The third-order valence-electron chi connectivity index (χ3n) is 6.02. The van der Waals surface area contributed by atoms with Gasteiger partial charge in [-0.05, 0) is 54.7 Å². The number of hydrogen-bond acceptors (Lipinski definition) is 5. The van der Waals surface area contributed by atoms with Gasteiger partial charge in [0.15, 0.2) is 5.43 Å². The van der Waals surface area contributed by atoms with Crippen molar-refractivity contribution in [2.45, 2.75) is 18.8 Å². The average Bonchev–Trinajstić information content (AvgIpc) is 2.78. The lowest BCUT2D eigenvalue weighted by atomic mass is 9.80. The fourth-order valence-electron chi connectivity index (χ4n) is 4.49. The molecular weight excluding hydrogens is 473 g/mol. The van der Waals surface area contributed by atoms with E-state index in [9.17, 15) is 10.0 Å². The number of fused-ring (bicyclic) bond motifs is 2. The molecule has 6 nitrogen and oxygen atoms in total. The molecule has 1 aliphatic carbocycles. The van der Waals surface area contributed by atoms with Gasteiger partial charge < -0.3 is 9.94 Å². The molecular formula is C23H20Cl3N3O3. The number of halogens is 3. The highest BCUT2D eigenvalue weighted by molar-refractivity contribution is 6.35. The normalized spacial score (nSPS) is 20.0. The van der Waals surface area contributed by atoms with Crippen molar-refractivity contribution in [2.24, 2.45) is 5.10 Å². The second kappa shape index (κ2) is 8.60. The summed E-state index contributed by atoms with van der Waals surface area (Å²) in [5.74, 6) is -0.0744. The molecule has 3 aromatic rings. The van der Waals surface area contributed by atoms with Gasteiger partial charge in [0.25, 0.3) is 0 Å². The minimum atomic E-state index is -0.185. The van der Waals surface area contributed by atoms with Crippen LogP contribution in [0.2, 0.25) is 15.1 Å². The Bertz CT molecular complexity index is 1300. The van der Waals surface area contributed by atoms with E-state index in [-0.39, 0.29) is 11.3 Å². The molecule has 2 aromatic carbocycles. The van der Waals surface area contributed by atoms with Crippen LogP contribution in [-0.4, -0.2) is 47.0 Å². The van der Waals surface area contributed by atoms with Crippen LogP contribution < -0.4 is 5.43 Å². The molecule has 166 valence electrons. The number of hydrogen-bond donors (Lipinski definition) is 1. The Balaban J connectivity index is 1.71. The van der Waals surface area contributed by atoms with Gasteiger partial charge in [-0.15, -0.1) is 0 Å². The average molecular weight is 493 g/mol. The smallest absolute Gasteiger partial charge is 0.199 e. The summed E-state index contributed by atoms with van der Waals surface area (Å²) in [6.07, 6.45) is 0.941. The van der Waals surface area contributed by atoms with Crippen LogP contribution >= 0.6 is 34.8 Å². The highest BCUT2D eigenvalue weighted by Crippen LogP contribution is 2.37. The highest BCUT2D eigenvalue weighted by Gasteiger charge is 2.32. The van der Waals surface area contributed by atoms with Gasteiger partial charge in [-0.25, -0.2) is 0 Å². The summed E-state index contributed by atoms with van der Waals surface area (Å²) >= 11 is 18.8. The van der Waals surface area contributed by atoms with Crippen LogP contribution in [0.4, 0.5) is 0 Å². The molecule has 0 spiro atoms. The van der Waals surface area contributed by atoms with E-state index in [1.165, 1.54) is 0 Å². The Morgan fingerprint density at radius 3 is 2.47 bits per heavy atom. The number of ether oxygens (including phenoxy) is 1. The van der Waals surface area contributed by atoms with Crippen LogP contribution in [0.15, 0.2) is 46.3 Å². The zero-order valence-corrected chi connectivity index (χ0v) is 19.3. The third kappa shape index (κ3) is 3.86. The molecule has 1 unspecified atom stereocenters. The van der Waals surface area contributed by atoms with E-state index in [0.29, 0.717) is 82.1 Å². The lowest BCUT2D eigenvalue weighted by Crippen LogP contribution is -2.36. The largest absolute Gasteiger partial charge is 0.428 e. The first-order valence-electron chi connectivity index (χ1n) is 10.3. The first kappa shape index (κ1) is 21.6. The van der Waals surface area contributed by atoms with E-state index >= 15 is 0 Å². The van der Waals surface area contributed by atoms with E-state index in [1.54, 1.807) is 30.3 Å². The van der Waals surface area contributed by atoms with Gasteiger partial charge in [0, 0.05) is 15.1 Å². The van der Waals surface area contributed by atoms with Crippen molar-refractivity contribution in [3.05, 3.63) is 78.5 Å². The summed E-state index contributed by atoms with van der Waals surface area (Å²) in [5.41, 5.74) is 2.69. The SMILES string of the molecule is O=c1c2c(n(O)c3ccc(Cl)cc13)CC(c1ccc(Cl)cc1Cl)CC2=NN1CCOCC1. The standard InChI is InChI=1S/C23H20Cl3N3O3/c24-14-2-4-20-17(11-14)23(30)22-19(27-28-5-7-32-8-6-28)9-13(10-21(22)29(20)31)16-3-1-15(25)12-18(16)26/h1-4,11-13,31H,5-10H2. The molecule has 9 heteroatoms. The van der Waals surface area contributed by atoms with E-state index in [1.807, 2.05) is 11.1 Å². The molecule has 0 bridgehead atoms. The van der Waals surface area contributed by atoms with Gasteiger partial charge in [0.05, 0.1) is 54.2 Å². The lowest BCUT2D eigenvalue weighted by molar-refractivity contribution is 0.0392. The van der Waals surface area contributed by atoms with E-state index in [4.69, 9.17) is 44.6 Å². The lowest BCUT2D eigenvalue weighted by Gasteiger charge is -2.31. The molecule has 1 N–H and O–H groups in total. The quantitative estimate of drug-likeness (QED) is 0.513. The van der Waals surface area contributed by atoms with Crippen molar-refractivity contribution in [1.82, 2.24) is 9.74 Å². The fraction of sp³-hybridized carbons (Fsp3) is 0.304. The van der Waals surface area contributed by atoms with Crippen molar-refractivity contribution in [2.75, 3.05) is 26.3 Å². The molecule has 0 amide bonds. The van der Waals surface area contributed by atoms with Crippen LogP contribution in [0.3, 0.4) is 0 Å². The van der Waals surface area contributed by atoms with Crippen LogP contribution in [0.1, 0.15) is 29.2 Å². The Morgan fingerprint density at radius 1 is 1.00 bits per heavy atom. The number of hydrazone groups is 1. The molecule has 1 fully saturated rings. The molecule has 0 saturated carbocycles. The Labute approximate surface area is 199 Å². The zero-order valence-electron chi connectivity index (χ0n) is 17.0. The molecule has 32 heavy (non-hydrogen) atoms. The van der Waals surface area contributed by atoms with Crippen molar-refractivity contribution in [3.63, 3.8) is 0 Å². The number of morpholine rings is 1. The summed E-state index contributed by atoms with van der Waals surface area (Å²) in [4.78, 5) is 13.5. The maximum Gasteiger partial charge on any atom is 0.199 e. The van der Waals surface area contributed by atoms with Crippen LogP contribution in [0.25, 0.3) is 10.9 Å². The van der Waals surface area contributed by atoms with Gasteiger partial charge in [-0.3, -0.25) is 9.80 Å². The third-order valence-corrected chi connectivity index (χ3v) is 6.82. The topological polar surface area (TPSA) is 67.1 Å². The van der Waals surface area contributed by atoms with Gasteiger partial charge in [-0.2, -0.15) is 9.83 Å². The summed E-state index contributed by atoms with van der Waals surface area (Å²) < 4.78 is 6.52. The van der Waals surface area contributed by atoms with Crippen molar-refractivity contribution >= 4 is 51.4 Å². The van der Waals surface area contributed by atoms with Crippen molar-refractivity contribution in [3.8, 4) is 0 Å². The molecule has 5 rings (SSSR count). The second-order valence-corrected chi connectivity index (χ2v) is 9.29. The predicted molar refractivity (Wildman–Crippen MR) is 127 cm³/mol. The maximum atomic E-state index is 13.5. The summed E-state index contributed by atoms with van der Waals surface area (Å²) in [6, 6.07) is 10.3. The molecule has 2 heterocycles. The van der Waals surface area contributed by atoms with Crippen molar-refractivity contribution in [1.29, 1.82) is 0 Å². The highest BCUT2D eigenvalue weighted by atomic mass is 35.5. The monoisotopic (exact) mass is 491 g/mol. The van der Waals surface area contributed by atoms with Crippen LogP contribution in [0.5, 0.6) is 0 Å². The number of benzene rings is 2. The number of nitrogens with zero attached hydrogens (tertiary/aromatic N) is 3. The van der Waals surface area contributed by atoms with E-state index in [2.05, 4.69) is 0 Å². The van der Waals surface area contributed by atoms with Gasteiger partial charge in [-0.1, -0.05) is 40.9 Å². The minimum absolute atomic E-state index is 0.0744. The van der Waals surface area contributed by atoms with Crippen molar-refractivity contribution < 1.29 is 9.94 Å². The molecule has 1 saturated heterocycles. The maximum absolute atomic E-state index is 13.5. The zero-order chi connectivity index (χ0) is 22.4. The Kier molecular flexibility index (Phi) is 5.80. The van der Waals surface area contributed by atoms with E-state index in [0.717, 1.165) is 10.3 Å². The Hall–Kier alpha value is -2.25. The molecule has 0 radical (unpaired) electrons. The Morgan fingerprint density at radius 2 is 1.72 bits per heavy atom. The summed E-state index contributed by atoms with van der Waals surface area (Å²) in [5, 5.41) is 19.8.